The highest BCUT2D eigenvalue weighted by atomic mass is 35.5. The van der Waals surface area contributed by atoms with Crippen LogP contribution in [-0.2, 0) is 4.84 Å². The van der Waals surface area contributed by atoms with Crippen molar-refractivity contribution in [3.63, 3.8) is 0 Å². The number of aromatic nitrogens is 1. The SMILES string of the molecule is CONC(=S)N=Nc1c(O)[nH]c2ccc(Cl)cc12. The number of thiocarbonyl (C=S) groups is 1. The standard InChI is InChI=1S/C10H9ClN4O2S/c1-17-15-10(18)14-13-8-6-4-5(11)2-3-7(6)12-9(8)16/h2-4,12,16H,1H3,(H,15,18). The van der Waals surface area contributed by atoms with Gasteiger partial charge in [-0.15, -0.1) is 10.2 Å². The first-order valence-corrected chi connectivity index (χ1v) is 5.65. The van der Waals surface area contributed by atoms with Crippen molar-refractivity contribution < 1.29 is 9.94 Å². The maximum absolute atomic E-state index is 9.72. The number of rotatable bonds is 2. The molecule has 0 unspecified atom stereocenters. The number of hydrogen-bond donors (Lipinski definition) is 3. The Morgan fingerprint density at radius 2 is 2.33 bits per heavy atom. The number of azo groups is 1. The molecule has 2 rings (SSSR count). The fourth-order valence-corrected chi connectivity index (χ4v) is 1.74. The van der Waals surface area contributed by atoms with Gasteiger partial charge in [-0.1, -0.05) is 11.6 Å². The molecule has 1 aromatic carbocycles. The summed E-state index contributed by atoms with van der Waals surface area (Å²) in [6.07, 6.45) is 0. The first-order valence-electron chi connectivity index (χ1n) is 4.86. The van der Waals surface area contributed by atoms with Gasteiger partial charge in [-0.05, 0) is 30.4 Å². The molecule has 8 heteroatoms. The zero-order valence-electron chi connectivity index (χ0n) is 9.27. The van der Waals surface area contributed by atoms with Crippen molar-refractivity contribution in [2.75, 3.05) is 7.11 Å². The minimum absolute atomic E-state index is 0.0493. The Hall–Kier alpha value is -1.70. The van der Waals surface area contributed by atoms with Gasteiger partial charge in [-0.2, -0.15) is 0 Å². The van der Waals surface area contributed by atoms with E-state index >= 15 is 0 Å². The van der Waals surface area contributed by atoms with Crippen LogP contribution < -0.4 is 5.48 Å². The lowest BCUT2D eigenvalue weighted by Crippen LogP contribution is -2.16. The molecule has 3 N–H and O–H groups in total. The molecular weight excluding hydrogens is 276 g/mol. The van der Waals surface area contributed by atoms with Crippen LogP contribution in [0.1, 0.15) is 0 Å². The first kappa shape index (κ1) is 12.7. The number of benzene rings is 1. The van der Waals surface area contributed by atoms with Gasteiger partial charge in [-0.3, -0.25) is 4.84 Å². The average molecular weight is 285 g/mol. The average Bonchev–Trinajstić information content (AvgIpc) is 2.62. The van der Waals surface area contributed by atoms with E-state index in [4.69, 9.17) is 23.8 Å². The number of aromatic hydroxyl groups is 1. The molecule has 0 aliphatic carbocycles. The molecule has 0 aliphatic rings. The number of H-pyrrole nitrogens is 1. The van der Waals surface area contributed by atoms with Crippen molar-refractivity contribution >= 4 is 45.5 Å². The van der Waals surface area contributed by atoms with E-state index in [2.05, 4.69) is 25.5 Å². The second-order valence-corrected chi connectivity index (χ2v) is 4.15. The maximum Gasteiger partial charge on any atom is 0.237 e. The van der Waals surface area contributed by atoms with Crippen LogP contribution in [0.5, 0.6) is 5.88 Å². The summed E-state index contributed by atoms with van der Waals surface area (Å²) in [6.45, 7) is 0. The Morgan fingerprint density at radius 1 is 1.56 bits per heavy atom. The van der Waals surface area contributed by atoms with Gasteiger partial charge in [-0.25, -0.2) is 5.48 Å². The van der Waals surface area contributed by atoms with Crippen LogP contribution in [0.2, 0.25) is 5.02 Å². The first-order chi connectivity index (χ1) is 8.61. The van der Waals surface area contributed by atoms with Gasteiger partial charge in [0.1, 0.15) is 0 Å². The predicted molar refractivity (Wildman–Crippen MR) is 72.2 cm³/mol. The minimum Gasteiger partial charge on any atom is -0.493 e. The molecule has 0 radical (unpaired) electrons. The summed E-state index contributed by atoms with van der Waals surface area (Å²) < 4.78 is 0. The minimum atomic E-state index is -0.101. The number of hydrogen-bond acceptors (Lipinski definition) is 4. The van der Waals surface area contributed by atoms with E-state index in [0.29, 0.717) is 15.9 Å². The topological polar surface area (TPSA) is 82.0 Å². The third-order valence-electron chi connectivity index (χ3n) is 2.14. The number of fused-ring (bicyclic) bond motifs is 1. The van der Waals surface area contributed by atoms with E-state index in [0.717, 1.165) is 0 Å². The molecule has 6 nitrogen and oxygen atoms in total. The van der Waals surface area contributed by atoms with Crippen molar-refractivity contribution in [2.45, 2.75) is 0 Å². The van der Waals surface area contributed by atoms with Crippen LogP contribution in [-0.4, -0.2) is 22.3 Å². The number of aromatic amines is 1. The molecule has 0 bridgehead atoms. The predicted octanol–water partition coefficient (Wildman–Crippen LogP) is 3.05. The summed E-state index contributed by atoms with van der Waals surface area (Å²) in [4.78, 5) is 7.33. The third-order valence-corrected chi connectivity index (χ3v) is 2.54. The number of halogens is 1. The van der Waals surface area contributed by atoms with Crippen molar-refractivity contribution in [1.82, 2.24) is 10.5 Å². The van der Waals surface area contributed by atoms with Crippen molar-refractivity contribution in [3.8, 4) is 5.88 Å². The lowest BCUT2D eigenvalue weighted by Gasteiger charge is -1.96. The molecule has 1 aromatic heterocycles. The Kier molecular flexibility index (Phi) is 3.75. The molecule has 0 atom stereocenters. The zero-order chi connectivity index (χ0) is 13.1. The number of nitrogens with zero attached hydrogens (tertiary/aromatic N) is 2. The Bertz CT molecular complexity index is 626. The molecular formula is C10H9ClN4O2S. The summed E-state index contributed by atoms with van der Waals surface area (Å²) in [5, 5.41) is 18.5. The van der Waals surface area contributed by atoms with Gasteiger partial charge in [0.25, 0.3) is 0 Å². The monoisotopic (exact) mass is 284 g/mol. The lowest BCUT2D eigenvalue weighted by atomic mass is 10.2. The fourth-order valence-electron chi connectivity index (χ4n) is 1.44. The normalized spacial score (nSPS) is 11.2. The fraction of sp³-hybridized carbons (Fsp3) is 0.100. The molecule has 0 amide bonds. The Balaban J connectivity index is 2.41. The largest absolute Gasteiger partial charge is 0.493 e. The Labute approximate surface area is 113 Å². The van der Waals surface area contributed by atoms with Crippen LogP contribution in [0, 0.1) is 0 Å². The molecule has 94 valence electrons. The summed E-state index contributed by atoms with van der Waals surface area (Å²) in [5.74, 6) is -0.101. The number of nitrogens with one attached hydrogen (secondary N) is 2. The van der Waals surface area contributed by atoms with Crippen LogP contribution >= 0.6 is 23.8 Å². The second-order valence-electron chi connectivity index (χ2n) is 3.32. The van der Waals surface area contributed by atoms with E-state index in [1.165, 1.54) is 7.11 Å². The van der Waals surface area contributed by atoms with Gasteiger partial charge in [0.15, 0.2) is 5.69 Å². The van der Waals surface area contributed by atoms with E-state index in [-0.39, 0.29) is 16.7 Å². The van der Waals surface area contributed by atoms with Crippen molar-refractivity contribution in [1.29, 1.82) is 0 Å². The van der Waals surface area contributed by atoms with Crippen LogP contribution in [0.4, 0.5) is 5.69 Å². The molecule has 0 fully saturated rings. The number of hydroxylamine groups is 1. The molecule has 1 heterocycles. The summed E-state index contributed by atoms with van der Waals surface area (Å²) in [5.41, 5.74) is 3.32. The van der Waals surface area contributed by atoms with Gasteiger partial charge < -0.3 is 10.1 Å². The van der Waals surface area contributed by atoms with Gasteiger partial charge in [0.2, 0.25) is 11.0 Å². The lowest BCUT2D eigenvalue weighted by molar-refractivity contribution is 0.145. The van der Waals surface area contributed by atoms with E-state index in [9.17, 15) is 5.11 Å². The molecule has 0 saturated carbocycles. The second kappa shape index (κ2) is 5.30. The summed E-state index contributed by atoms with van der Waals surface area (Å²) >= 11 is 10.7. The van der Waals surface area contributed by atoms with Gasteiger partial charge >= 0.3 is 0 Å². The van der Waals surface area contributed by atoms with Crippen LogP contribution in [0.3, 0.4) is 0 Å². The maximum atomic E-state index is 9.72. The molecule has 0 spiro atoms. The highest BCUT2D eigenvalue weighted by molar-refractivity contribution is 7.80. The quantitative estimate of drug-likeness (QED) is 0.450. The highest BCUT2D eigenvalue weighted by Gasteiger charge is 2.10. The zero-order valence-corrected chi connectivity index (χ0v) is 10.8. The van der Waals surface area contributed by atoms with Gasteiger partial charge in [0.05, 0.1) is 12.6 Å². The summed E-state index contributed by atoms with van der Waals surface area (Å²) in [7, 11) is 1.41. The molecule has 0 saturated heterocycles. The highest BCUT2D eigenvalue weighted by Crippen LogP contribution is 2.36. The van der Waals surface area contributed by atoms with E-state index in [1.807, 2.05) is 0 Å². The van der Waals surface area contributed by atoms with E-state index in [1.54, 1.807) is 18.2 Å². The Morgan fingerprint density at radius 3 is 3.06 bits per heavy atom. The van der Waals surface area contributed by atoms with Crippen LogP contribution in [0.15, 0.2) is 28.4 Å². The van der Waals surface area contributed by atoms with E-state index < -0.39 is 0 Å². The van der Waals surface area contributed by atoms with Crippen molar-refractivity contribution in [3.05, 3.63) is 23.2 Å². The molecule has 18 heavy (non-hydrogen) atoms. The van der Waals surface area contributed by atoms with Gasteiger partial charge in [0, 0.05) is 10.4 Å². The molecule has 0 aliphatic heterocycles. The van der Waals surface area contributed by atoms with Crippen molar-refractivity contribution in [2.24, 2.45) is 10.2 Å². The summed E-state index contributed by atoms with van der Waals surface area (Å²) in [6, 6.07) is 5.12. The third kappa shape index (κ3) is 2.58. The molecule has 2 aromatic rings. The van der Waals surface area contributed by atoms with Crippen LogP contribution in [0.25, 0.3) is 10.9 Å². The smallest absolute Gasteiger partial charge is 0.237 e.